The Morgan fingerprint density at radius 2 is 1.65 bits per heavy atom. The molecule has 1 heteroatoms. The van der Waals surface area contributed by atoms with Crippen molar-refractivity contribution in [3.63, 3.8) is 0 Å². The molecule has 2 aromatic rings. The number of aromatic nitrogens is 1. The lowest BCUT2D eigenvalue weighted by molar-refractivity contribution is 0.630. The van der Waals surface area contributed by atoms with Crippen molar-refractivity contribution in [2.24, 2.45) is 0 Å². The first-order chi connectivity index (χ1) is 8.33. The Hall–Kier alpha value is -1.24. The van der Waals surface area contributed by atoms with E-state index in [2.05, 4.69) is 43.1 Å². The maximum atomic E-state index is 3.54. The Bertz CT molecular complexity index is 467. The van der Waals surface area contributed by atoms with Crippen molar-refractivity contribution in [1.29, 1.82) is 0 Å². The van der Waals surface area contributed by atoms with Crippen LogP contribution < -0.4 is 0 Å². The van der Waals surface area contributed by atoms with Crippen LogP contribution in [-0.4, -0.2) is 4.98 Å². The van der Waals surface area contributed by atoms with Gasteiger partial charge in [0.1, 0.15) is 0 Å². The second-order valence-electron chi connectivity index (χ2n) is 4.94. The normalized spacial score (nSPS) is 11.2. The number of hydrogen-bond acceptors (Lipinski definition) is 0. The average Bonchev–Trinajstić information content (AvgIpc) is 2.67. The summed E-state index contributed by atoms with van der Waals surface area (Å²) in [6.45, 7) is 4.44. The zero-order valence-electron chi connectivity index (χ0n) is 11.1. The summed E-state index contributed by atoms with van der Waals surface area (Å²) in [5.41, 5.74) is 2.73. The molecule has 0 fully saturated rings. The molecule has 0 unspecified atom stereocenters. The monoisotopic (exact) mass is 229 g/mol. The van der Waals surface area contributed by atoms with Gasteiger partial charge in [0.05, 0.1) is 0 Å². The summed E-state index contributed by atoms with van der Waals surface area (Å²) in [6, 6.07) is 8.70. The number of fused-ring (bicyclic) bond motifs is 1. The quantitative estimate of drug-likeness (QED) is 0.672. The van der Waals surface area contributed by atoms with Crippen LogP contribution in [0.15, 0.2) is 24.3 Å². The van der Waals surface area contributed by atoms with Gasteiger partial charge in [0, 0.05) is 22.2 Å². The van der Waals surface area contributed by atoms with Gasteiger partial charge >= 0.3 is 0 Å². The maximum absolute atomic E-state index is 3.54. The van der Waals surface area contributed by atoms with Gasteiger partial charge in [-0.25, -0.2) is 0 Å². The van der Waals surface area contributed by atoms with Gasteiger partial charge < -0.3 is 4.98 Å². The number of H-pyrrole nitrogens is 1. The molecule has 1 aromatic carbocycles. The van der Waals surface area contributed by atoms with Crippen LogP contribution in [0.1, 0.15) is 50.4 Å². The summed E-state index contributed by atoms with van der Waals surface area (Å²) in [5, 5.41) is 2.80. The third-order valence-corrected chi connectivity index (χ3v) is 3.52. The molecule has 92 valence electrons. The average molecular weight is 229 g/mol. The fraction of sp³-hybridized carbons (Fsp3) is 0.500. The molecule has 1 N–H and O–H groups in total. The third kappa shape index (κ3) is 2.91. The van der Waals surface area contributed by atoms with Gasteiger partial charge in [-0.1, -0.05) is 56.9 Å². The number of unbranched alkanes of at least 4 members (excludes halogenated alkanes) is 4. The van der Waals surface area contributed by atoms with Crippen molar-refractivity contribution in [3.8, 4) is 0 Å². The molecule has 0 aliphatic heterocycles. The van der Waals surface area contributed by atoms with Gasteiger partial charge in [-0.3, -0.25) is 0 Å². The zero-order valence-corrected chi connectivity index (χ0v) is 11.1. The van der Waals surface area contributed by atoms with E-state index < -0.39 is 0 Å². The minimum atomic E-state index is 1.19. The first kappa shape index (κ1) is 12.2. The summed E-state index contributed by atoms with van der Waals surface area (Å²) in [4.78, 5) is 3.54. The summed E-state index contributed by atoms with van der Waals surface area (Å²) in [6.07, 6.45) is 7.95. The number of rotatable bonds is 6. The second kappa shape index (κ2) is 5.90. The van der Waals surface area contributed by atoms with E-state index in [0.29, 0.717) is 0 Å². The summed E-state index contributed by atoms with van der Waals surface area (Å²) < 4.78 is 0. The molecule has 0 radical (unpaired) electrons. The fourth-order valence-electron chi connectivity index (χ4n) is 2.54. The molecular weight excluding hydrogens is 206 g/mol. The van der Waals surface area contributed by atoms with Crippen LogP contribution in [0.5, 0.6) is 0 Å². The SMILES string of the molecule is CCCCCCCc1[nH]c(C)c2ccccc12. The van der Waals surface area contributed by atoms with Crippen molar-refractivity contribution in [3.05, 3.63) is 35.7 Å². The molecule has 17 heavy (non-hydrogen) atoms. The van der Waals surface area contributed by atoms with E-state index in [0.717, 1.165) is 0 Å². The number of aromatic amines is 1. The highest BCUT2D eigenvalue weighted by Gasteiger charge is 2.05. The maximum Gasteiger partial charge on any atom is 0.0228 e. The molecule has 0 saturated heterocycles. The lowest BCUT2D eigenvalue weighted by atomic mass is 10.1. The smallest absolute Gasteiger partial charge is 0.0228 e. The molecule has 1 heterocycles. The van der Waals surface area contributed by atoms with E-state index in [1.54, 1.807) is 0 Å². The Morgan fingerprint density at radius 3 is 2.41 bits per heavy atom. The third-order valence-electron chi connectivity index (χ3n) is 3.52. The summed E-state index contributed by atoms with van der Waals surface area (Å²) >= 11 is 0. The highest BCUT2D eigenvalue weighted by atomic mass is 14.7. The minimum absolute atomic E-state index is 1.19. The Morgan fingerprint density at radius 1 is 0.941 bits per heavy atom. The van der Waals surface area contributed by atoms with Crippen molar-refractivity contribution >= 4 is 10.8 Å². The lowest BCUT2D eigenvalue weighted by Gasteiger charge is -2.00. The van der Waals surface area contributed by atoms with Gasteiger partial charge in [0.2, 0.25) is 0 Å². The van der Waals surface area contributed by atoms with Crippen molar-refractivity contribution in [2.45, 2.75) is 52.4 Å². The number of aryl methyl sites for hydroxylation is 2. The van der Waals surface area contributed by atoms with Gasteiger partial charge in [-0.05, 0) is 19.8 Å². The van der Waals surface area contributed by atoms with Gasteiger partial charge in [-0.15, -0.1) is 0 Å². The first-order valence-corrected chi connectivity index (χ1v) is 6.89. The molecule has 1 aromatic heterocycles. The van der Waals surface area contributed by atoms with E-state index in [1.165, 1.54) is 60.7 Å². The molecule has 0 saturated carbocycles. The number of benzene rings is 1. The molecule has 0 amide bonds. The zero-order chi connectivity index (χ0) is 12.1. The highest BCUT2D eigenvalue weighted by molar-refractivity contribution is 5.87. The van der Waals surface area contributed by atoms with E-state index in [1.807, 2.05) is 0 Å². The standard InChI is InChI=1S/C16H23N/c1-3-4-5-6-7-12-16-15-11-9-8-10-14(15)13(2)17-16/h8-11,17H,3-7,12H2,1-2H3. The number of hydrogen-bond donors (Lipinski definition) is 1. The lowest BCUT2D eigenvalue weighted by Crippen LogP contribution is -1.87. The van der Waals surface area contributed by atoms with E-state index in [9.17, 15) is 0 Å². The van der Waals surface area contributed by atoms with Crippen LogP contribution in [0.4, 0.5) is 0 Å². The predicted octanol–water partition coefficient (Wildman–Crippen LogP) is 4.99. The van der Waals surface area contributed by atoms with E-state index in [4.69, 9.17) is 0 Å². The Balaban J connectivity index is 1.99. The molecule has 0 aliphatic rings. The van der Waals surface area contributed by atoms with Gasteiger partial charge in [0.25, 0.3) is 0 Å². The Labute approximate surface area is 104 Å². The van der Waals surface area contributed by atoms with Crippen LogP contribution in [0.3, 0.4) is 0 Å². The van der Waals surface area contributed by atoms with Gasteiger partial charge in [0.15, 0.2) is 0 Å². The van der Waals surface area contributed by atoms with Gasteiger partial charge in [-0.2, -0.15) is 0 Å². The predicted molar refractivity (Wildman–Crippen MR) is 75.5 cm³/mol. The van der Waals surface area contributed by atoms with E-state index in [-0.39, 0.29) is 0 Å². The number of nitrogens with one attached hydrogen (secondary N) is 1. The van der Waals surface area contributed by atoms with Crippen molar-refractivity contribution in [1.82, 2.24) is 4.98 Å². The minimum Gasteiger partial charge on any atom is -0.361 e. The van der Waals surface area contributed by atoms with Crippen LogP contribution in [-0.2, 0) is 6.42 Å². The van der Waals surface area contributed by atoms with E-state index >= 15 is 0 Å². The fourth-order valence-corrected chi connectivity index (χ4v) is 2.54. The second-order valence-corrected chi connectivity index (χ2v) is 4.94. The molecule has 2 rings (SSSR count). The largest absolute Gasteiger partial charge is 0.361 e. The molecular formula is C16H23N. The molecule has 0 aliphatic carbocycles. The first-order valence-electron chi connectivity index (χ1n) is 6.89. The highest BCUT2D eigenvalue weighted by Crippen LogP contribution is 2.23. The van der Waals surface area contributed by atoms with Crippen molar-refractivity contribution < 1.29 is 0 Å². The molecule has 0 spiro atoms. The van der Waals surface area contributed by atoms with Crippen LogP contribution in [0.25, 0.3) is 10.8 Å². The van der Waals surface area contributed by atoms with Crippen LogP contribution in [0.2, 0.25) is 0 Å². The summed E-state index contributed by atoms with van der Waals surface area (Å²) in [7, 11) is 0. The van der Waals surface area contributed by atoms with Crippen LogP contribution in [0, 0.1) is 6.92 Å². The van der Waals surface area contributed by atoms with Crippen molar-refractivity contribution in [2.75, 3.05) is 0 Å². The van der Waals surface area contributed by atoms with Crippen LogP contribution >= 0.6 is 0 Å². The topological polar surface area (TPSA) is 15.8 Å². The Kier molecular flexibility index (Phi) is 4.24. The molecule has 0 bridgehead atoms. The summed E-state index contributed by atoms with van der Waals surface area (Å²) in [5.74, 6) is 0. The molecule has 0 atom stereocenters. The molecule has 1 nitrogen and oxygen atoms in total.